The van der Waals surface area contributed by atoms with Crippen molar-refractivity contribution in [2.45, 2.75) is 31.6 Å². The smallest absolute Gasteiger partial charge is 0.319 e. The van der Waals surface area contributed by atoms with Gasteiger partial charge >= 0.3 is 5.97 Å². The Hall–Kier alpha value is -2.30. The number of nitrogens with zero attached hydrogens (tertiary/aromatic N) is 1. The molecule has 0 unspecified atom stereocenters. The number of hydrogen-bond acceptors (Lipinski definition) is 2. The van der Waals surface area contributed by atoms with Crippen LogP contribution in [0, 0.1) is 5.41 Å². The number of carbonyl (C=O) groups excluding carboxylic acids is 1. The number of carboxylic acid groups (broad SMARTS) is 1. The number of aromatic amines is 1. The first-order chi connectivity index (χ1) is 11.1. The van der Waals surface area contributed by atoms with Crippen LogP contribution < -0.4 is 0 Å². The number of likely N-dealkylation sites (tertiary alicyclic amines) is 1. The number of carboxylic acids is 1. The Morgan fingerprint density at radius 3 is 2.52 bits per heavy atom. The molecule has 2 fully saturated rings. The molecule has 1 aliphatic carbocycles. The molecule has 1 saturated carbocycles. The zero-order valence-electron chi connectivity index (χ0n) is 12.9. The molecule has 2 aromatic rings. The van der Waals surface area contributed by atoms with E-state index in [4.69, 9.17) is 0 Å². The Morgan fingerprint density at radius 1 is 1.17 bits per heavy atom. The van der Waals surface area contributed by atoms with Gasteiger partial charge in [-0.05, 0) is 43.2 Å². The van der Waals surface area contributed by atoms with E-state index in [0.29, 0.717) is 31.8 Å². The summed E-state index contributed by atoms with van der Waals surface area (Å²) in [5, 5.41) is 10.5. The van der Waals surface area contributed by atoms with E-state index in [-0.39, 0.29) is 5.91 Å². The molecular weight excluding hydrogens is 292 g/mol. The molecule has 2 heterocycles. The predicted molar refractivity (Wildman–Crippen MR) is 86.2 cm³/mol. The van der Waals surface area contributed by atoms with Crippen molar-refractivity contribution in [3.05, 3.63) is 36.0 Å². The van der Waals surface area contributed by atoms with Crippen molar-refractivity contribution in [2.75, 3.05) is 13.1 Å². The van der Waals surface area contributed by atoms with E-state index in [0.717, 1.165) is 18.4 Å². The van der Waals surface area contributed by atoms with Crippen LogP contribution in [0.15, 0.2) is 30.5 Å². The molecule has 2 N–H and O–H groups in total. The van der Waals surface area contributed by atoms with Crippen LogP contribution in [0.5, 0.6) is 0 Å². The van der Waals surface area contributed by atoms with Crippen molar-refractivity contribution in [2.24, 2.45) is 5.41 Å². The normalized spacial score (nSPS) is 20.6. The minimum Gasteiger partial charge on any atom is -0.480 e. The number of fused-ring (bicyclic) bond motifs is 1. The lowest BCUT2D eigenvalue weighted by atomic mass is 9.88. The fourth-order valence-electron chi connectivity index (χ4n) is 3.77. The Morgan fingerprint density at radius 2 is 1.87 bits per heavy atom. The number of amides is 1. The van der Waals surface area contributed by atoms with Gasteiger partial charge in [-0.2, -0.15) is 0 Å². The predicted octanol–water partition coefficient (Wildman–Crippen LogP) is 2.74. The Balaban J connectivity index is 1.47. The fraction of sp³-hybridized carbons (Fsp3) is 0.444. The number of piperidine rings is 1. The minimum absolute atomic E-state index is 0.178. The van der Waals surface area contributed by atoms with E-state index in [1.54, 1.807) is 4.90 Å². The molecule has 1 amide bonds. The van der Waals surface area contributed by atoms with E-state index < -0.39 is 11.4 Å². The van der Waals surface area contributed by atoms with Gasteiger partial charge in [-0.3, -0.25) is 9.59 Å². The molecule has 5 heteroatoms. The number of H-pyrrole nitrogens is 1. The third-order valence-corrected chi connectivity index (χ3v) is 5.41. The Kier molecular flexibility index (Phi) is 3.18. The maximum atomic E-state index is 12.5. The van der Waals surface area contributed by atoms with Crippen molar-refractivity contribution in [1.82, 2.24) is 9.88 Å². The van der Waals surface area contributed by atoms with Gasteiger partial charge in [0.1, 0.15) is 5.41 Å². The second-order valence-corrected chi connectivity index (χ2v) is 6.74. The van der Waals surface area contributed by atoms with Crippen LogP contribution in [-0.4, -0.2) is 40.0 Å². The summed E-state index contributed by atoms with van der Waals surface area (Å²) >= 11 is 0. The maximum absolute atomic E-state index is 12.5. The van der Waals surface area contributed by atoms with Crippen molar-refractivity contribution >= 4 is 22.8 Å². The Labute approximate surface area is 134 Å². The third-order valence-electron chi connectivity index (χ3n) is 5.41. The van der Waals surface area contributed by atoms with E-state index in [1.807, 2.05) is 12.1 Å². The van der Waals surface area contributed by atoms with Crippen molar-refractivity contribution in [3.8, 4) is 0 Å². The van der Waals surface area contributed by atoms with Gasteiger partial charge in [0.25, 0.3) is 0 Å². The second kappa shape index (κ2) is 5.11. The maximum Gasteiger partial charge on any atom is 0.319 e. The number of rotatable bonds is 3. The van der Waals surface area contributed by atoms with Gasteiger partial charge in [0.15, 0.2) is 0 Å². The molecule has 0 spiro atoms. The molecule has 2 aliphatic rings. The minimum atomic E-state index is -1.10. The van der Waals surface area contributed by atoms with Gasteiger partial charge in [0.05, 0.1) is 0 Å². The first kappa shape index (κ1) is 14.3. The van der Waals surface area contributed by atoms with Crippen LogP contribution in [0.25, 0.3) is 10.9 Å². The summed E-state index contributed by atoms with van der Waals surface area (Å²) in [6.45, 7) is 1.30. The lowest BCUT2D eigenvalue weighted by Gasteiger charge is -2.33. The van der Waals surface area contributed by atoms with Crippen LogP contribution >= 0.6 is 0 Å². The van der Waals surface area contributed by atoms with Gasteiger partial charge in [0, 0.05) is 30.2 Å². The number of benzene rings is 1. The number of aromatic nitrogens is 1. The highest BCUT2D eigenvalue weighted by Gasteiger charge is 2.58. The summed E-state index contributed by atoms with van der Waals surface area (Å²) in [5.74, 6) is -0.709. The molecule has 4 rings (SSSR count). The molecule has 120 valence electrons. The average Bonchev–Trinajstić information content (AvgIpc) is 3.29. The Bertz CT molecular complexity index is 767. The SMILES string of the molecule is O=C(O)C1(C(=O)N2CCC(c3c[nH]c4ccccc34)CC2)CC1. The van der Waals surface area contributed by atoms with Crippen molar-refractivity contribution < 1.29 is 14.7 Å². The molecule has 0 radical (unpaired) electrons. The monoisotopic (exact) mass is 312 g/mol. The summed E-state index contributed by atoms with van der Waals surface area (Å²) in [5.41, 5.74) is 1.35. The average molecular weight is 312 g/mol. The van der Waals surface area contributed by atoms with Gasteiger partial charge < -0.3 is 15.0 Å². The molecule has 5 nitrogen and oxygen atoms in total. The van der Waals surface area contributed by atoms with Crippen molar-refractivity contribution in [3.63, 3.8) is 0 Å². The van der Waals surface area contributed by atoms with Gasteiger partial charge in [-0.1, -0.05) is 18.2 Å². The number of hydrogen-bond donors (Lipinski definition) is 2. The van der Waals surface area contributed by atoms with Crippen molar-refractivity contribution in [1.29, 1.82) is 0 Å². The summed E-state index contributed by atoms with van der Waals surface area (Å²) in [6, 6.07) is 8.26. The van der Waals surface area contributed by atoms with E-state index in [9.17, 15) is 14.7 Å². The lowest BCUT2D eigenvalue weighted by Crippen LogP contribution is -2.44. The fourth-order valence-corrected chi connectivity index (χ4v) is 3.77. The number of aliphatic carboxylic acids is 1. The summed E-state index contributed by atoms with van der Waals surface area (Å²) in [6.07, 6.45) is 4.84. The quantitative estimate of drug-likeness (QED) is 0.856. The molecule has 1 aromatic carbocycles. The van der Waals surface area contributed by atoms with Gasteiger partial charge in [0.2, 0.25) is 5.91 Å². The van der Waals surface area contributed by atoms with Crippen LogP contribution in [0.4, 0.5) is 0 Å². The molecule has 0 bridgehead atoms. The molecule has 1 saturated heterocycles. The molecule has 1 aromatic heterocycles. The number of nitrogens with one attached hydrogen (secondary N) is 1. The van der Waals surface area contributed by atoms with E-state index in [1.165, 1.54) is 10.9 Å². The summed E-state index contributed by atoms with van der Waals surface area (Å²) in [7, 11) is 0. The van der Waals surface area contributed by atoms with Crippen LogP contribution in [-0.2, 0) is 9.59 Å². The highest BCUT2D eigenvalue weighted by atomic mass is 16.4. The van der Waals surface area contributed by atoms with Crippen LogP contribution in [0.3, 0.4) is 0 Å². The largest absolute Gasteiger partial charge is 0.480 e. The standard InChI is InChI=1S/C18H20N2O3/c21-16(18(7-8-18)17(22)23)20-9-5-12(6-10-20)14-11-19-15-4-2-1-3-13(14)15/h1-4,11-12,19H,5-10H2,(H,22,23). The topological polar surface area (TPSA) is 73.4 Å². The van der Waals surface area contributed by atoms with Crippen LogP contribution in [0.1, 0.15) is 37.2 Å². The first-order valence-electron chi connectivity index (χ1n) is 8.20. The molecule has 23 heavy (non-hydrogen) atoms. The van der Waals surface area contributed by atoms with Gasteiger partial charge in [-0.15, -0.1) is 0 Å². The van der Waals surface area contributed by atoms with Crippen LogP contribution in [0.2, 0.25) is 0 Å². The van der Waals surface area contributed by atoms with Gasteiger partial charge in [-0.25, -0.2) is 0 Å². The zero-order chi connectivity index (χ0) is 16.0. The summed E-state index contributed by atoms with van der Waals surface area (Å²) in [4.78, 5) is 28.8. The van der Waals surface area contributed by atoms with E-state index in [2.05, 4.69) is 23.3 Å². The second-order valence-electron chi connectivity index (χ2n) is 6.74. The number of para-hydroxylation sites is 1. The third kappa shape index (κ3) is 2.22. The summed E-state index contributed by atoms with van der Waals surface area (Å²) < 4.78 is 0. The highest BCUT2D eigenvalue weighted by molar-refractivity contribution is 6.04. The molecule has 0 atom stereocenters. The molecular formula is C18H20N2O3. The zero-order valence-corrected chi connectivity index (χ0v) is 12.9. The number of carbonyl (C=O) groups is 2. The first-order valence-corrected chi connectivity index (χ1v) is 8.20. The molecule has 1 aliphatic heterocycles. The highest BCUT2D eigenvalue weighted by Crippen LogP contribution is 2.48. The lowest BCUT2D eigenvalue weighted by molar-refractivity contribution is -0.153. The van der Waals surface area contributed by atoms with E-state index >= 15 is 0 Å².